The number of halogens is 1. The largest absolute Gasteiger partial charge is 0.492 e. The maximum atomic E-state index is 10.1. The Balaban J connectivity index is 1.37. The Morgan fingerprint density at radius 1 is 1.12 bits per heavy atom. The van der Waals surface area contributed by atoms with E-state index in [1.807, 2.05) is 45.2 Å². The molecule has 9 heteroatoms. The molecule has 212 valence electrons. The van der Waals surface area contributed by atoms with Crippen LogP contribution in [0.3, 0.4) is 0 Å². The number of ether oxygens (including phenoxy) is 3. The van der Waals surface area contributed by atoms with Gasteiger partial charge in [-0.05, 0) is 56.0 Å². The fraction of sp³-hybridized carbons (Fsp3) is 0.344. The molecule has 0 spiro atoms. The van der Waals surface area contributed by atoms with E-state index in [1.165, 1.54) is 0 Å². The molecule has 0 radical (unpaired) electrons. The molecule has 0 bridgehead atoms. The van der Waals surface area contributed by atoms with Crippen LogP contribution in [-0.4, -0.2) is 29.8 Å². The van der Waals surface area contributed by atoms with E-state index in [1.54, 1.807) is 12.1 Å². The van der Waals surface area contributed by atoms with E-state index in [0.717, 1.165) is 42.7 Å². The molecule has 0 saturated carbocycles. The van der Waals surface area contributed by atoms with E-state index < -0.39 is 0 Å². The minimum Gasteiger partial charge on any atom is -0.492 e. The third-order valence-corrected chi connectivity index (χ3v) is 7.48. The molecule has 1 aliphatic heterocycles. The van der Waals surface area contributed by atoms with E-state index >= 15 is 0 Å². The predicted octanol–water partition coefficient (Wildman–Crippen LogP) is 7.48. The maximum Gasteiger partial charge on any atom is 0.144 e. The first-order chi connectivity index (χ1) is 19.9. The van der Waals surface area contributed by atoms with Gasteiger partial charge in [-0.15, -0.1) is 0 Å². The van der Waals surface area contributed by atoms with Crippen molar-refractivity contribution in [2.75, 3.05) is 30.9 Å². The molecule has 0 aliphatic carbocycles. The Kier molecular flexibility index (Phi) is 8.77. The van der Waals surface area contributed by atoms with Crippen LogP contribution in [0.25, 0.3) is 10.9 Å². The van der Waals surface area contributed by atoms with Crippen LogP contribution in [0, 0.1) is 11.3 Å². The Labute approximate surface area is 245 Å². The first-order valence-electron chi connectivity index (χ1n) is 13.9. The van der Waals surface area contributed by atoms with Crippen molar-refractivity contribution in [1.82, 2.24) is 9.97 Å². The van der Waals surface area contributed by atoms with Gasteiger partial charge in [-0.2, -0.15) is 5.26 Å². The molecule has 4 aromatic rings. The van der Waals surface area contributed by atoms with Gasteiger partial charge in [0, 0.05) is 53.7 Å². The van der Waals surface area contributed by atoms with Crippen molar-refractivity contribution in [2.24, 2.45) is 0 Å². The van der Waals surface area contributed by atoms with Gasteiger partial charge >= 0.3 is 0 Å². The lowest BCUT2D eigenvalue weighted by Gasteiger charge is -2.21. The van der Waals surface area contributed by atoms with Gasteiger partial charge in [0.25, 0.3) is 0 Å². The van der Waals surface area contributed by atoms with Crippen molar-refractivity contribution in [3.8, 4) is 17.6 Å². The zero-order valence-electron chi connectivity index (χ0n) is 23.5. The summed E-state index contributed by atoms with van der Waals surface area (Å²) < 4.78 is 17.2. The fourth-order valence-electron chi connectivity index (χ4n) is 5.03. The van der Waals surface area contributed by atoms with E-state index in [4.69, 9.17) is 36.5 Å². The number of nitrogens with one attached hydrogen (secondary N) is 1. The number of rotatable bonds is 9. The number of nitrogens with zero attached hydrogens (tertiary/aromatic N) is 3. The lowest BCUT2D eigenvalue weighted by Crippen LogP contribution is -2.15. The Morgan fingerprint density at radius 3 is 2.59 bits per heavy atom. The molecule has 5 rings (SSSR count). The molecule has 3 heterocycles. The molecule has 0 atom stereocenters. The predicted molar refractivity (Wildman–Crippen MR) is 162 cm³/mol. The van der Waals surface area contributed by atoms with Crippen LogP contribution in [-0.2, 0) is 11.3 Å². The molecular weight excluding hydrogens is 538 g/mol. The summed E-state index contributed by atoms with van der Waals surface area (Å²) in [4.78, 5) is 9.45. The van der Waals surface area contributed by atoms with Crippen molar-refractivity contribution in [1.29, 1.82) is 5.26 Å². The van der Waals surface area contributed by atoms with Crippen LogP contribution >= 0.6 is 11.6 Å². The third kappa shape index (κ3) is 6.32. The quantitative estimate of drug-likeness (QED) is 0.199. The van der Waals surface area contributed by atoms with Crippen LogP contribution < -0.4 is 20.5 Å². The van der Waals surface area contributed by atoms with Gasteiger partial charge in [0.1, 0.15) is 24.2 Å². The number of fused-ring (bicyclic) bond motifs is 1. The Morgan fingerprint density at radius 2 is 1.93 bits per heavy atom. The number of hydrogen-bond acceptors (Lipinski definition) is 8. The van der Waals surface area contributed by atoms with Gasteiger partial charge in [0.15, 0.2) is 0 Å². The van der Waals surface area contributed by atoms with E-state index in [9.17, 15) is 5.26 Å². The molecule has 1 saturated heterocycles. The van der Waals surface area contributed by atoms with Crippen molar-refractivity contribution in [2.45, 2.75) is 52.1 Å². The highest BCUT2D eigenvalue weighted by molar-refractivity contribution is 6.32. The van der Waals surface area contributed by atoms with Gasteiger partial charge in [-0.25, -0.2) is 0 Å². The summed E-state index contributed by atoms with van der Waals surface area (Å²) >= 11 is 6.64. The summed E-state index contributed by atoms with van der Waals surface area (Å²) in [5.41, 5.74) is 12.0. The minimum atomic E-state index is 0.0299. The minimum absolute atomic E-state index is 0.0299. The first-order valence-corrected chi connectivity index (χ1v) is 14.3. The number of nitrogens with two attached hydrogens (primary N) is 1. The normalized spacial score (nSPS) is 13.8. The van der Waals surface area contributed by atoms with Crippen LogP contribution in [0.5, 0.6) is 11.5 Å². The first kappa shape index (κ1) is 28.5. The van der Waals surface area contributed by atoms with Crippen LogP contribution in [0.2, 0.25) is 5.02 Å². The van der Waals surface area contributed by atoms with Crippen LogP contribution in [0.4, 0.5) is 17.1 Å². The summed E-state index contributed by atoms with van der Waals surface area (Å²) in [6.07, 6.45) is 3.87. The summed E-state index contributed by atoms with van der Waals surface area (Å²) in [7, 11) is 0. The Hall–Kier alpha value is -4.06. The second kappa shape index (κ2) is 12.6. The smallest absolute Gasteiger partial charge is 0.144 e. The molecule has 8 nitrogen and oxygen atoms in total. The summed E-state index contributed by atoms with van der Waals surface area (Å²) in [6.45, 7) is 8.34. The standard InChI is InChI=1S/C32H34ClN5O3/c1-4-40-30-15-28-23(14-26(30)35)32(24(16-34)31(38-28)19(2)3)37-22-6-8-29(25(33)13-22)41-18-20-5-7-27(36-17-20)21-9-11-39-12-10-21/h5-8,13-15,17,19,21H,4,9-12,18,35H2,1-3H3,(H,37,38). The summed E-state index contributed by atoms with van der Waals surface area (Å²) in [6, 6.07) is 15.5. The topological polar surface area (TPSA) is 115 Å². The molecule has 1 fully saturated rings. The average molecular weight is 572 g/mol. The number of nitrogen functional groups attached to an aromatic ring is 1. The highest BCUT2D eigenvalue weighted by Crippen LogP contribution is 2.39. The maximum absolute atomic E-state index is 10.1. The molecular formula is C32H34ClN5O3. The number of aromatic nitrogens is 2. The molecule has 1 aliphatic rings. The van der Waals surface area contributed by atoms with Crippen molar-refractivity contribution >= 4 is 39.6 Å². The molecule has 2 aromatic heterocycles. The van der Waals surface area contributed by atoms with Gasteiger partial charge in [-0.1, -0.05) is 31.5 Å². The van der Waals surface area contributed by atoms with Crippen molar-refractivity contribution < 1.29 is 14.2 Å². The van der Waals surface area contributed by atoms with Gasteiger partial charge in [0.05, 0.1) is 39.8 Å². The molecule has 2 aromatic carbocycles. The fourth-order valence-corrected chi connectivity index (χ4v) is 5.26. The summed E-state index contributed by atoms with van der Waals surface area (Å²) in [5.74, 6) is 1.60. The van der Waals surface area contributed by atoms with Gasteiger partial charge in [0.2, 0.25) is 0 Å². The van der Waals surface area contributed by atoms with Gasteiger partial charge in [-0.3, -0.25) is 9.97 Å². The molecule has 0 amide bonds. The summed E-state index contributed by atoms with van der Waals surface area (Å²) in [5, 5.41) is 14.7. The number of pyridine rings is 2. The monoisotopic (exact) mass is 571 g/mol. The van der Waals surface area contributed by atoms with E-state index in [-0.39, 0.29) is 5.92 Å². The molecule has 0 unspecified atom stereocenters. The second-order valence-electron chi connectivity index (χ2n) is 10.4. The molecule has 3 N–H and O–H groups in total. The number of anilines is 3. The lowest BCUT2D eigenvalue weighted by atomic mass is 9.96. The third-order valence-electron chi connectivity index (χ3n) is 7.19. The SMILES string of the molecule is CCOc1cc2nc(C(C)C)c(C#N)c(Nc3ccc(OCc4ccc(C5CCOCC5)nc4)c(Cl)c3)c2cc1N. The highest BCUT2D eigenvalue weighted by Gasteiger charge is 2.20. The van der Waals surface area contributed by atoms with E-state index in [2.05, 4.69) is 28.5 Å². The highest BCUT2D eigenvalue weighted by atomic mass is 35.5. The number of nitriles is 1. The zero-order chi connectivity index (χ0) is 28.9. The number of hydrogen-bond donors (Lipinski definition) is 2. The van der Waals surface area contributed by atoms with Crippen LogP contribution in [0.15, 0.2) is 48.7 Å². The zero-order valence-corrected chi connectivity index (χ0v) is 24.3. The molecule has 41 heavy (non-hydrogen) atoms. The van der Waals surface area contributed by atoms with Crippen molar-refractivity contribution in [3.05, 3.63) is 76.2 Å². The lowest BCUT2D eigenvalue weighted by molar-refractivity contribution is 0.0845. The van der Waals surface area contributed by atoms with E-state index in [0.29, 0.717) is 69.5 Å². The van der Waals surface area contributed by atoms with Crippen molar-refractivity contribution in [3.63, 3.8) is 0 Å². The van der Waals surface area contributed by atoms with Gasteiger partial charge < -0.3 is 25.3 Å². The second-order valence-corrected chi connectivity index (χ2v) is 10.8. The Bertz CT molecular complexity index is 1580. The number of benzene rings is 2. The van der Waals surface area contributed by atoms with Crippen LogP contribution in [0.1, 0.15) is 68.0 Å². The average Bonchev–Trinajstić information content (AvgIpc) is 2.98.